The van der Waals surface area contributed by atoms with Gasteiger partial charge < -0.3 is 24.8 Å². The quantitative estimate of drug-likeness (QED) is 0.488. The van der Waals surface area contributed by atoms with Crippen LogP contribution in [0.3, 0.4) is 0 Å². The number of rotatable bonds is 1. The largest absolute Gasteiger partial charge is 2.00 e. The standard InChI is InChI=1S/C22H22.2ClH.Zr/c1-22(2,3)17-12-11-16(13-17)19-9-6-10-20-18-8-5-4-7-15(18)14-21(19)20;;;/h4-13,16H,14H2,1-3H3;2*1H;/q;;;+2/p-2. The summed E-state index contributed by atoms with van der Waals surface area (Å²) in [5.74, 6) is 0.429. The van der Waals surface area contributed by atoms with E-state index >= 15 is 0 Å². The molecule has 0 bridgehead atoms. The van der Waals surface area contributed by atoms with Crippen molar-refractivity contribution in [1.82, 2.24) is 0 Å². The van der Waals surface area contributed by atoms with Gasteiger partial charge in [-0.2, -0.15) is 0 Å². The predicted molar refractivity (Wildman–Crippen MR) is 94.1 cm³/mol. The number of halogens is 2. The zero-order chi connectivity index (χ0) is 15.3. The fourth-order valence-corrected chi connectivity index (χ4v) is 3.70. The Morgan fingerprint density at radius 2 is 1.56 bits per heavy atom. The van der Waals surface area contributed by atoms with Crippen LogP contribution in [0.5, 0.6) is 0 Å². The number of fused-ring (bicyclic) bond motifs is 3. The molecule has 128 valence electrons. The van der Waals surface area contributed by atoms with E-state index in [-0.39, 0.29) is 56.4 Å². The van der Waals surface area contributed by atoms with Crippen LogP contribution in [0.4, 0.5) is 0 Å². The first-order valence-corrected chi connectivity index (χ1v) is 8.14. The van der Waals surface area contributed by atoms with Crippen LogP contribution in [-0.2, 0) is 32.6 Å². The Labute approximate surface area is 182 Å². The van der Waals surface area contributed by atoms with E-state index in [2.05, 4.69) is 81.5 Å². The van der Waals surface area contributed by atoms with E-state index in [1.807, 2.05) is 0 Å². The fraction of sp³-hybridized carbons (Fsp3) is 0.273. The smallest absolute Gasteiger partial charge is 1.00 e. The molecule has 0 saturated carbocycles. The van der Waals surface area contributed by atoms with Crippen LogP contribution >= 0.6 is 0 Å². The van der Waals surface area contributed by atoms with Crippen molar-refractivity contribution in [2.75, 3.05) is 0 Å². The van der Waals surface area contributed by atoms with Gasteiger partial charge in [-0.3, -0.25) is 0 Å². The summed E-state index contributed by atoms with van der Waals surface area (Å²) in [5, 5.41) is 0. The van der Waals surface area contributed by atoms with Gasteiger partial charge in [-0.15, -0.1) is 0 Å². The maximum atomic E-state index is 2.44. The normalized spacial score (nSPS) is 16.8. The summed E-state index contributed by atoms with van der Waals surface area (Å²) in [7, 11) is 0. The molecule has 0 spiro atoms. The van der Waals surface area contributed by atoms with E-state index in [0.717, 1.165) is 6.42 Å². The molecule has 0 aliphatic heterocycles. The molecule has 0 amide bonds. The van der Waals surface area contributed by atoms with Crippen LogP contribution in [0.25, 0.3) is 11.1 Å². The Morgan fingerprint density at radius 3 is 2.24 bits per heavy atom. The third kappa shape index (κ3) is 4.05. The molecule has 0 nitrogen and oxygen atoms in total. The Kier molecular flexibility index (Phi) is 7.52. The molecule has 0 heterocycles. The molecule has 3 heteroatoms. The van der Waals surface area contributed by atoms with Gasteiger partial charge in [-0.05, 0) is 45.2 Å². The summed E-state index contributed by atoms with van der Waals surface area (Å²) in [6.45, 7) is 6.87. The van der Waals surface area contributed by atoms with Crippen LogP contribution < -0.4 is 24.8 Å². The van der Waals surface area contributed by atoms with Gasteiger partial charge in [0.1, 0.15) is 0 Å². The summed E-state index contributed by atoms with van der Waals surface area (Å²) in [6, 6.07) is 15.6. The van der Waals surface area contributed by atoms with Crippen LogP contribution in [0.1, 0.15) is 43.4 Å². The summed E-state index contributed by atoms with van der Waals surface area (Å²) >= 11 is 0. The van der Waals surface area contributed by atoms with Crippen molar-refractivity contribution in [1.29, 1.82) is 0 Å². The molecule has 0 fully saturated rings. The first kappa shape index (κ1) is 22.4. The maximum absolute atomic E-state index is 2.44. The molecule has 25 heavy (non-hydrogen) atoms. The SMILES string of the molecule is CC(C)(C)C1=CC(c2cccc3c2Cc2ccccc2-3)C=C1.[Cl-].[Cl-].[Zr+2]. The van der Waals surface area contributed by atoms with Crippen molar-refractivity contribution in [2.45, 2.75) is 33.1 Å². The van der Waals surface area contributed by atoms with Crippen molar-refractivity contribution in [2.24, 2.45) is 5.41 Å². The topological polar surface area (TPSA) is 0 Å². The number of allylic oxidation sites excluding steroid dienone is 4. The van der Waals surface area contributed by atoms with Gasteiger partial charge in [-0.1, -0.05) is 81.5 Å². The van der Waals surface area contributed by atoms with E-state index in [4.69, 9.17) is 0 Å². The van der Waals surface area contributed by atoms with E-state index < -0.39 is 0 Å². The molecule has 0 N–H and O–H groups in total. The van der Waals surface area contributed by atoms with E-state index in [1.54, 1.807) is 0 Å². The van der Waals surface area contributed by atoms with Crippen LogP contribution in [0, 0.1) is 5.41 Å². The summed E-state index contributed by atoms with van der Waals surface area (Å²) in [6.07, 6.45) is 8.19. The van der Waals surface area contributed by atoms with Crippen LogP contribution in [0.15, 0.2) is 66.3 Å². The molecule has 0 saturated heterocycles. The van der Waals surface area contributed by atoms with E-state index in [0.29, 0.717) is 5.92 Å². The maximum Gasteiger partial charge on any atom is 2.00 e. The van der Waals surface area contributed by atoms with Crippen LogP contribution in [-0.4, -0.2) is 0 Å². The number of hydrogen-bond acceptors (Lipinski definition) is 0. The Balaban J connectivity index is 0.00000104. The molecule has 2 aromatic carbocycles. The second kappa shape index (κ2) is 8.38. The third-order valence-electron chi connectivity index (χ3n) is 4.95. The minimum absolute atomic E-state index is 0. The molecule has 1 unspecified atom stereocenters. The Bertz CT molecular complexity index is 813. The molecular weight excluding hydrogens is 426 g/mol. The second-order valence-corrected chi connectivity index (χ2v) is 7.46. The summed E-state index contributed by atoms with van der Waals surface area (Å²) in [4.78, 5) is 0. The molecule has 2 aliphatic carbocycles. The Morgan fingerprint density at radius 1 is 0.880 bits per heavy atom. The molecule has 0 aromatic heterocycles. The zero-order valence-corrected chi connectivity index (χ0v) is 18.8. The van der Waals surface area contributed by atoms with Crippen LogP contribution in [0.2, 0.25) is 0 Å². The molecule has 2 aromatic rings. The monoisotopic (exact) mass is 446 g/mol. The average molecular weight is 449 g/mol. The van der Waals surface area contributed by atoms with Gasteiger partial charge in [0.25, 0.3) is 0 Å². The van der Waals surface area contributed by atoms with Gasteiger partial charge in [-0.25, -0.2) is 0 Å². The minimum atomic E-state index is 0. The predicted octanol–water partition coefficient (Wildman–Crippen LogP) is -0.111. The number of hydrogen-bond donors (Lipinski definition) is 0. The molecule has 0 radical (unpaired) electrons. The van der Waals surface area contributed by atoms with Gasteiger partial charge in [0.2, 0.25) is 0 Å². The fourth-order valence-electron chi connectivity index (χ4n) is 3.70. The third-order valence-corrected chi connectivity index (χ3v) is 4.95. The van der Waals surface area contributed by atoms with Crippen molar-refractivity contribution >= 4 is 0 Å². The van der Waals surface area contributed by atoms with Gasteiger partial charge >= 0.3 is 26.2 Å². The van der Waals surface area contributed by atoms with Crippen molar-refractivity contribution in [3.05, 3.63) is 83.0 Å². The Hall–Kier alpha value is -0.617. The summed E-state index contributed by atoms with van der Waals surface area (Å²) in [5.41, 5.74) is 8.98. The zero-order valence-electron chi connectivity index (χ0n) is 14.8. The van der Waals surface area contributed by atoms with Crippen molar-refractivity contribution < 1.29 is 51.0 Å². The van der Waals surface area contributed by atoms with Crippen molar-refractivity contribution in [3.63, 3.8) is 0 Å². The van der Waals surface area contributed by atoms with E-state index in [1.165, 1.54) is 33.4 Å². The molecule has 1 atom stereocenters. The first-order chi connectivity index (χ1) is 10.5. The molecular formula is C22H22Cl2Zr. The second-order valence-electron chi connectivity index (χ2n) is 7.46. The molecule has 4 rings (SSSR count). The minimum Gasteiger partial charge on any atom is -1.00 e. The average Bonchev–Trinajstić information content (AvgIpc) is 3.11. The van der Waals surface area contributed by atoms with Gasteiger partial charge in [0, 0.05) is 5.92 Å². The first-order valence-electron chi connectivity index (χ1n) is 8.14. The van der Waals surface area contributed by atoms with Gasteiger partial charge in [0.05, 0.1) is 0 Å². The molecule has 2 aliphatic rings. The van der Waals surface area contributed by atoms with Crippen molar-refractivity contribution in [3.8, 4) is 11.1 Å². The summed E-state index contributed by atoms with van der Waals surface area (Å²) < 4.78 is 0. The number of benzene rings is 2. The van der Waals surface area contributed by atoms with Gasteiger partial charge in [0.15, 0.2) is 0 Å². The van der Waals surface area contributed by atoms with E-state index in [9.17, 15) is 0 Å².